The van der Waals surface area contributed by atoms with Gasteiger partial charge in [0.25, 0.3) is 0 Å². The van der Waals surface area contributed by atoms with Crippen molar-refractivity contribution in [3.63, 3.8) is 0 Å². The summed E-state index contributed by atoms with van der Waals surface area (Å²) in [5.74, 6) is 0.131. The first-order valence-corrected chi connectivity index (χ1v) is 19.3. The molecule has 1 aliphatic rings. The van der Waals surface area contributed by atoms with Crippen molar-refractivity contribution < 1.29 is 52.3 Å². The number of benzene rings is 2. The molecule has 2 aromatic carbocycles. The molecule has 0 heterocycles. The van der Waals surface area contributed by atoms with Gasteiger partial charge in [-0.1, -0.05) is 63.9 Å². The number of alkyl halides is 6. The second-order valence-corrected chi connectivity index (χ2v) is 13.6. The van der Waals surface area contributed by atoms with E-state index < -0.39 is 50.0 Å². The summed E-state index contributed by atoms with van der Waals surface area (Å²) in [6.07, 6.45) is 3.63. The van der Waals surface area contributed by atoms with Crippen LogP contribution in [-0.2, 0) is 33.2 Å². The van der Waals surface area contributed by atoms with Crippen molar-refractivity contribution in [3.05, 3.63) is 58.1 Å². The Hall–Kier alpha value is -1.05. The summed E-state index contributed by atoms with van der Waals surface area (Å²) in [5, 5.41) is 11.0. The van der Waals surface area contributed by atoms with Crippen molar-refractivity contribution in [1.82, 2.24) is 0 Å². The SMILES string of the molecule is Cc1cc(C=Nc2cc(C(F)(F)F)cc(C(F)(F)F)c2)c(O)c(C2CCCCCCCCCCC2)c1.[Cl][Zr][Cl]. The average molecular weight is 676 g/mol. The molecule has 1 saturated carbocycles. The molecule has 0 aliphatic heterocycles. The summed E-state index contributed by atoms with van der Waals surface area (Å²) in [6, 6.07) is 4.79. The Bertz CT molecular complexity index is 1030. The molecule has 0 spiro atoms. The Morgan fingerprint density at radius 3 is 1.64 bits per heavy atom. The van der Waals surface area contributed by atoms with Crippen molar-refractivity contribution >= 4 is 28.9 Å². The quantitative estimate of drug-likeness (QED) is 0.255. The number of aliphatic imine (C=N–C) groups is 1. The maximum absolute atomic E-state index is 13.2. The fourth-order valence-corrected chi connectivity index (χ4v) is 4.88. The zero-order valence-corrected chi connectivity index (χ0v) is 25.7. The molecule has 0 aromatic heterocycles. The van der Waals surface area contributed by atoms with Crippen LogP contribution in [0.3, 0.4) is 0 Å². The van der Waals surface area contributed by atoms with E-state index in [-0.39, 0.29) is 23.3 Å². The van der Waals surface area contributed by atoms with E-state index in [1.54, 1.807) is 6.07 Å². The molecule has 0 atom stereocenters. The van der Waals surface area contributed by atoms with Gasteiger partial charge in [-0.05, 0) is 61.1 Å². The molecule has 0 saturated heterocycles. The number of nitrogens with zero attached hydrogens (tertiary/aromatic N) is 1. The number of halogens is 8. The van der Waals surface area contributed by atoms with Crippen LogP contribution >= 0.6 is 17.0 Å². The van der Waals surface area contributed by atoms with Crippen molar-refractivity contribution in [2.75, 3.05) is 0 Å². The first-order valence-electron chi connectivity index (χ1n) is 13.0. The monoisotopic (exact) mass is 673 g/mol. The zero-order valence-electron chi connectivity index (χ0n) is 21.7. The first-order chi connectivity index (χ1) is 18.4. The topological polar surface area (TPSA) is 32.6 Å². The summed E-state index contributed by atoms with van der Waals surface area (Å²) in [5.41, 5.74) is -1.43. The molecule has 216 valence electrons. The van der Waals surface area contributed by atoms with E-state index in [2.05, 4.69) is 4.99 Å². The van der Waals surface area contributed by atoms with Gasteiger partial charge in [0.2, 0.25) is 0 Å². The van der Waals surface area contributed by atoms with Gasteiger partial charge in [-0.25, -0.2) is 0 Å². The van der Waals surface area contributed by atoms with Gasteiger partial charge in [-0.2, -0.15) is 26.3 Å². The second-order valence-electron chi connectivity index (χ2n) is 9.84. The Morgan fingerprint density at radius 1 is 0.769 bits per heavy atom. The standard InChI is InChI=1S/C28H33F6NO.2ClH.Zr/c1-19-13-21(18-35-24-16-22(27(29,30)31)15-23(17-24)28(32,33)34)26(36)25(14-19)20-11-9-7-5-3-2-4-6-8-10-12-20;;;/h13-18,20,36H,2-12H2,1H3;2*1H;/q;;;+2/p-2. The van der Waals surface area contributed by atoms with Gasteiger partial charge < -0.3 is 5.11 Å². The molecule has 39 heavy (non-hydrogen) atoms. The van der Waals surface area contributed by atoms with Crippen molar-refractivity contribution in [2.45, 2.75) is 95.8 Å². The summed E-state index contributed by atoms with van der Waals surface area (Å²) in [4.78, 5) is 3.91. The molecule has 0 radical (unpaired) electrons. The fraction of sp³-hybridized carbons (Fsp3) is 0.536. The van der Waals surface area contributed by atoms with Crippen LogP contribution in [0.5, 0.6) is 5.75 Å². The number of hydrogen-bond donors (Lipinski definition) is 1. The van der Waals surface area contributed by atoms with Gasteiger partial charge >= 0.3 is 50.2 Å². The molecule has 11 heteroatoms. The van der Waals surface area contributed by atoms with Crippen LogP contribution in [0, 0.1) is 6.92 Å². The summed E-state index contributed by atoms with van der Waals surface area (Å²) >= 11 is -0.826. The fourth-order valence-electron chi connectivity index (χ4n) is 4.88. The second kappa shape index (κ2) is 16.4. The third kappa shape index (κ3) is 11.8. The van der Waals surface area contributed by atoms with E-state index in [4.69, 9.17) is 17.0 Å². The average Bonchev–Trinajstić information content (AvgIpc) is 2.84. The molecule has 1 N–H and O–H groups in total. The molecule has 2 nitrogen and oxygen atoms in total. The van der Waals surface area contributed by atoms with Gasteiger partial charge in [-0.3, -0.25) is 4.99 Å². The van der Waals surface area contributed by atoms with Crippen molar-refractivity contribution in [3.8, 4) is 5.75 Å². The van der Waals surface area contributed by atoms with E-state index in [1.807, 2.05) is 13.0 Å². The van der Waals surface area contributed by atoms with Crippen LogP contribution in [0.15, 0.2) is 35.3 Å². The van der Waals surface area contributed by atoms with Gasteiger partial charge in [0, 0.05) is 11.8 Å². The molecular formula is C28H33Cl2F6NOZr. The minimum atomic E-state index is -4.95. The van der Waals surface area contributed by atoms with Gasteiger partial charge in [-0.15, -0.1) is 0 Å². The minimum absolute atomic E-state index is 0.00975. The summed E-state index contributed by atoms with van der Waals surface area (Å²) in [7, 11) is 9.87. The van der Waals surface area contributed by atoms with Crippen LogP contribution in [0.1, 0.15) is 104 Å². The predicted octanol–water partition coefficient (Wildman–Crippen LogP) is 11.3. The van der Waals surface area contributed by atoms with Gasteiger partial charge in [0.05, 0.1) is 16.8 Å². The van der Waals surface area contributed by atoms with Gasteiger partial charge in [0.15, 0.2) is 0 Å². The maximum atomic E-state index is 13.2. The molecule has 0 amide bonds. The number of rotatable bonds is 3. The van der Waals surface area contributed by atoms with Crippen LogP contribution in [0.2, 0.25) is 0 Å². The third-order valence-corrected chi connectivity index (χ3v) is 6.78. The molecule has 0 bridgehead atoms. The van der Waals surface area contributed by atoms with E-state index >= 15 is 0 Å². The van der Waals surface area contributed by atoms with Crippen LogP contribution in [0.25, 0.3) is 0 Å². The Labute approximate surface area is 244 Å². The van der Waals surface area contributed by atoms with Crippen LogP contribution < -0.4 is 0 Å². The number of aryl methyl sites for hydroxylation is 1. The molecule has 1 fully saturated rings. The van der Waals surface area contributed by atoms with Crippen molar-refractivity contribution in [1.29, 1.82) is 0 Å². The Kier molecular flexibility index (Phi) is 14.4. The molecule has 1 aliphatic carbocycles. The molecule has 0 unspecified atom stereocenters. The summed E-state index contributed by atoms with van der Waals surface area (Å²) < 4.78 is 79.1. The first kappa shape index (κ1) is 34.2. The normalized spacial score (nSPS) is 16.6. The van der Waals surface area contributed by atoms with Crippen molar-refractivity contribution in [2.24, 2.45) is 4.99 Å². The number of hydrogen-bond acceptors (Lipinski definition) is 2. The Morgan fingerprint density at radius 2 is 1.21 bits per heavy atom. The number of phenolic OH excluding ortho intramolecular Hbond substituents is 1. The van der Waals surface area contributed by atoms with Crippen LogP contribution in [-0.4, -0.2) is 11.3 Å². The van der Waals surface area contributed by atoms with Crippen LogP contribution in [0.4, 0.5) is 32.0 Å². The van der Waals surface area contributed by atoms with E-state index in [0.29, 0.717) is 12.1 Å². The third-order valence-electron chi connectivity index (χ3n) is 6.78. The molecule has 3 rings (SSSR count). The van der Waals surface area contributed by atoms with E-state index in [0.717, 1.165) is 55.9 Å². The molecule has 2 aromatic rings. The molecular weight excluding hydrogens is 642 g/mol. The number of phenols is 1. The van der Waals surface area contributed by atoms with E-state index in [1.165, 1.54) is 32.1 Å². The Balaban J connectivity index is 0.00000170. The number of aromatic hydroxyl groups is 1. The van der Waals surface area contributed by atoms with Gasteiger partial charge in [0.1, 0.15) is 5.75 Å². The van der Waals surface area contributed by atoms with E-state index in [9.17, 15) is 31.4 Å². The zero-order chi connectivity index (χ0) is 29.1. The summed E-state index contributed by atoms with van der Waals surface area (Å²) in [6.45, 7) is 1.85. The predicted molar refractivity (Wildman–Crippen MR) is 142 cm³/mol.